The average Bonchev–Trinajstić information content (AvgIpc) is 3.06. The van der Waals surface area contributed by atoms with E-state index in [4.69, 9.17) is 0 Å². The Morgan fingerprint density at radius 1 is 1.00 bits per heavy atom. The quantitative estimate of drug-likeness (QED) is 0.595. The number of halogens is 1. The molecule has 2 heterocycles. The number of para-hydroxylation sites is 1. The number of nitrogens with zero attached hydrogens (tertiary/aromatic N) is 2. The molecule has 0 bridgehead atoms. The van der Waals surface area contributed by atoms with Crippen molar-refractivity contribution in [2.75, 3.05) is 5.32 Å². The zero-order valence-corrected chi connectivity index (χ0v) is 13.0. The van der Waals surface area contributed by atoms with Gasteiger partial charge in [-0.3, -0.25) is 14.9 Å². The van der Waals surface area contributed by atoms with Crippen molar-refractivity contribution in [1.82, 2.24) is 15.2 Å². The molecular formula is C19H13FN4O. The molecule has 6 heteroatoms. The lowest BCUT2D eigenvalue weighted by Gasteiger charge is -2.04. The molecule has 0 unspecified atom stereocenters. The molecule has 0 spiro atoms. The van der Waals surface area contributed by atoms with Crippen LogP contribution in [0.25, 0.3) is 22.0 Å². The number of hydrogen-bond donors (Lipinski definition) is 2. The number of carbonyl (C=O) groups is 1. The number of nitrogens with one attached hydrogen (secondary N) is 2. The first-order valence-electron chi connectivity index (χ1n) is 7.66. The number of fused-ring (bicyclic) bond motifs is 1. The van der Waals surface area contributed by atoms with Crippen LogP contribution >= 0.6 is 0 Å². The van der Waals surface area contributed by atoms with Gasteiger partial charge in [-0.15, -0.1) is 0 Å². The molecule has 0 saturated carbocycles. The van der Waals surface area contributed by atoms with Crippen LogP contribution in [0.5, 0.6) is 0 Å². The fourth-order valence-corrected chi connectivity index (χ4v) is 2.65. The predicted molar refractivity (Wildman–Crippen MR) is 93.7 cm³/mol. The standard InChI is InChI=1S/C19H13FN4O/c20-14-8-13(10-21-11-14)12-6-7-17-16(9-12)18(24-23-17)19(25)22-15-4-2-1-3-5-15/h1-11H,(H,22,25)(H,23,24). The second kappa shape index (κ2) is 6.16. The lowest BCUT2D eigenvalue weighted by molar-refractivity contribution is 0.102. The Kier molecular flexibility index (Phi) is 3.70. The highest BCUT2D eigenvalue weighted by atomic mass is 19.1. The normalized spacial score (nSPS) is 10.8. The summed E-state index contributed by atoms with van der Waals surface area (Å²) in [6.07, 6.45) is 2.73. The maximum Gasteiger partial charge on any atom is 0.276 e. The van der Waals surface area contributed by atoms with Gasteiger partial charge >= 0.3 is 0 Å². The number of carbonyl (C=O) groups excluding carboxylic acids is 1. The molecule has 2 N–H and O–H groups in total. The van der Waals surface area contributed by atoms with E-state index in [1.807, 2.05) is 30.3 Å². The van der Waals surface area contributed by atoms with Crippen LogP contribution in [-0.4, -0.2) is 21.1 Å². The van der Waals surface area contributed by atoms with Crippen LogP contribution in [0.3, 0.4) is 0 Å². The first-order chi connectivity index (χ1) is 12.2. The van der Waals surface area contributed by atoms with Gasteiger partial charge in [0.05, 0.1) is 11.7 Å². The van der Waals surface area contributed by atoms with Gasteiger partial charge in [-0.2, -0.15) is 5.10 Å². The molecule has 2 aromatic heterocycles. The molecule has 0 aliphatic rings. The fourth-order valence-electron chi connectivity index (χ4n) is 2.65. The fraction of sp³-hybridized carbons (Fsp3) is 0. The Morgan fingerprint density at radius 3 is 2.64 bits per heavy atom. The lowest BCUT2D eigenvalue weighted by atomic mass is 10.0. The summed E-state index contributed by atoms with van der Waals surface area (Å²) >= 11 is 0. The molecule has 4 rings (SSSR count). The highest BCUT2D eigenvalue weighted by Crippen LogP contribution is 2.25. The van der Waals surface area contributed by atoms with Gasteiger partial charge in [0.2, 0.25) is 0 Å². The summed E-state index contributed by atoms with van der Waals surface area (Å²) in [5.41, 5.74) is 3.10. The average molecular weight is 332 g/mol. The maximum atomic E-state index is 13.4. The van der Waals surface area contributed by atoms with E-state index in [1.165, 1.54) is 6.07 Å². The van der Waals surface area contributed by atoms with Crippen molar-refractivity contribution >= 4 is 22.5 Å². The third kappa shape index (κ3) is 2.97. The Hall–Kier alpha value is -3.54. The maximum absolute atomic E-state index is 13.4. The van der Waals surface area contributed by atoms with Gasteiger partial charge < -0.3 is 5.32 Å². The number of pyridine rings is 1. The first-order valence-corrected chi connectivity index (χ1v) is 7.66. The summed E-state index contributed by atoms with van der Waals surface area (Å²) in [5.74, 6) is -0.723. The summed E-state index contributed by atoms with van der Waals surface area (Å²) < 4.78 is 13.4. The minimum absolute atomic E-state index is 0.282. The zero-order chi connectivity index (χ0) is 17.2. The van der Waals surface area contributed by atoms with E-state index in [0.29, 0.717) is 16.6 Å². The summed E-state index contributed by atoms with van der Waals surface area (Å²) in [5, 5.41) is 10.4. The minimum Gasteiger partial charge on any atom is -0.321 e. The Morgan fingerprint density at radius 2 is 1.84 bits per heavy atom. The molecule has 4 aromatic rings. The molecule has 0 atom stereocenters. The Bertz CT molecular complexity index is 1060. The molecule has 1 amide bonds. The van der Waals surface area contributed by atoms with Crippen LogP contribution < -0.4 is 5.32 Å². The Balaban J connectivity index is 1.73. The topological polar surface area (TPSA) is 70.7 Å². The van der Waals surface area contributed by atoms with Gasteiger partial charge in [-0.1, -0.05) is 24.3 Å². The SMILES string of the molecule is O=C(Nc1ccccc1)c1n[nH]c2ccc(-c3cncc(F)c3)cc12. The zero-order valence-electron chi connectivity index (χ0n) is 13.0. The number of amides is 1. The number of rotatable bonds is 3. The summed E-state index contributed by atoms with van der Waals surface area (Å²) in [4.78, 5) is 16.4. The monoisotopic (exact) mass is 332 g/mol. The molecule has 0 aliphatic heterocycles. The predicted octanol–water partition coefficient (Wildman–Crippen LogP) is 4.02. The molecule has 0 saturated heterocycles. The van der Waals surface area contributed by atoms with E-state index in [1.54, 1.807) is 24.4 Å². The molecule has 0 aliphatic carbocycles. The smallest absolute Gasteiger partial charge is 0.276 e. The largest absolute Gasteiger partial charge is 0.321 e. The Labute approximate surface area is 142 Å². The van der Waals surface area contributed by atoms with Crippen molar-refractivity contribution in [2.24, 2.45) is 0 Å². The van der Waals surface area contributed by atoms with Gasteiger partial charge in [0.25, 0.3) is 5.91 Å². The van der Waals surface area contributed by atoms with E-state index in [2.05, 4.69) is 20.5 Å². The summed E-state index contributed by atoms with van der Waals surface area (Å²) in [6, 6.07) is 16.0. The third-order valence-electron chi connectivity index (χ3n) is 3.85. The second-order valence-corrected chi connectivity index (χ2v) is 5.54. The van der Waals surface area contributed by atoms with Crippen molar-refractivity contribution in [3.05, 3.63) is 78.5 Å². The highest BCUT2D eigenvalue weighted by molar-refractivity contribution is 6.11. The van der Waals surface area contributed by atoms with Gasteiger partial charge in [0.15, 0.2) is 5.69 Å². The van der Waals surface area contributed by atoms with E-state index < -0.39 is 5.82 Å². The van der Waals surface area contributed by atoms with E-state index in [0.717, 1.165) is 17.3 Å². The molecule has 5 nitrogen and oxygen atoms in total. The molecule has 25 heavy (non-hydrogen) atoms. The number of hydrogen-bond acceptors (Lipinski definition) is 3. The molecule has 0 fully saturated rings. The van der Waals surface area contributed by atoms with Crippen LogP contribution in [-0.2, 0) is 0 Å². The van der Waals surface area contributed by atoms with Crippen LogP contribution in [0.2, 0.25) is 0 Å². The van der Waals surface area contributed by atoms with Gasteiger partial charge in [-0.05, 0) is 35.9 Å². The lowest BCUT2D eigenvalue weighted by Crippen LogP contribution is -2.12. The van der Waals surface area contributed by atoms with Gasteiger partial charge in [0, 0.05) is 22.8 Å². The summed E-state index contributed by atoms with van der Waals surface area (Å²) in [6.45, 7) is 0. The van der Waals surface area contributed by atoms with Crippen molar-refractivity contribution in [3.63, 3.8) is 0 Å². The molecule has 0 radical (unpaired) electrons. The van der Waals surface area contributed by atoms with Crippen molar-refractivity contribution in [1.29, 1.82) is 0 Å². The van der Waals surface area contributed by atoms with Gasteiger partial charge in [0.1, 0.15) is 5.82 Å². The van der Waals surface area contributed by atoms with Crippen LogP contribution in [0.1, 0.15) is 10.5 Å². The number of H-pyrrole nitrogens is 1. The third-order valence-corrected chi connectivity index (χ3v) is 3.85. The minimum atomic E-state index is -0.410. The molecule has 2 aromatic carbocycles. The number of anilines is 1. The number of aromatic amines is 1. The van der Waals surface area contributed by atoms with Crippen LogP contribution in [0.4, 0.5) is 10.1 Å². The first kappa shape index (κ1) is 15.0. The van der Waals surface area contributed by atoms with Crippen molar-refractivity contribution in [3.8, 4) is 11.1 Å². The van der Waals surface area contributed by atoms with E-state index >= 15 is 0 Å². The van der Waals surface area contributed by atoms with Crippen molar-refractivity contribution < 1.29 is 9.18 Å². The molecular weight excluding hydrogens is 319 g/mol. The van der Waals surface area contributed by atoms with Crippen LogP contribution in [0.15, 0.2) is 67.0 Å². The molecule has 122 valence electrons. The number of aromatic nitrogens is 3. The van der Waals surface area contributed by atoms with Crippen LogP contribution in [0, 0.1) is 5.82 Å². The summed E-state index contributed by atoms with van der Waals surface area (Å²) in [7, 11) is 0. The van der Waals surface area contributed by atoms with E-state index in [9.17, 15) is 9.18 Å². The number of benzene rings is 2. The van der Waals surface area contributed by atoms with Crippen molar-refractivity contribution in [2.45, 2.75) is 0 Å². The highest BCUT2D eigenvalue weighted by Gasteiger charge is 2.15. The second-order valence-electron chi connectivity index (χ2n) is 5.54. The van der Waals surface area contributed by atoms with E-state index in [-0.39, 0.29) is 11.6 Å². The van der Waals surface area contributed by atoms with Gasteiger partial charge in [-0.25, -0.2) is 4.39 Å².